The van der Waals surface area contributed by atoms with Gasteiger partial charge in [0.2, 0.25) is 0 Å². The molecule has 0 aromatic heterocycles. The maximum atomic E-state index is 5.50. The molecule has 0 amide bonds. The number of nitrogens with two attached hydrogens (primary N) is 1. The molecule has 1 heterocycles. The fourth-order valence-corrected chi connectivity index (χ4v) is 2.42. The van der Waals surface area contributed by atoms with Gasteiger partial charge in [0.1, 0.15) is 0 Å². The van der Waals surface area contributed by atoms with E-state index in [-0.39, 0.29) is 37.2 Å². The van der Waals surface area contributed by atoms with E-state index in [4.69, 9.17) is 5.73 Å². The Morgan fingerprint density at radius 1 is 1.05 bits per heavy atom. The van der Waals surface area contributed by atoms with Crippen molar-refractivity contribution in [2.24, 2.45) is 5.73 Å². The number of hydrogen-bond donors (Lipinski definition) is 2. The van der Waals surface area contributed by atoms with E-state index in [1.165, 1.54) is 31.5 Å². The number of likely N-dealkylation sites (tertiary alicyclic amines) is 1. The number of benzene rings is 1. The summed E-state index contributed by atoms with van der Waals surface area (Å²) in [5.41, 5.74) is 6.92. The lowest BCUT2D eigenvalue weighted by Crippen LogP contribution is -3.00. The van der Waals surface area contributed by atoms with E-state index in [1.807, 2.05) is 0 Å². The van der Waals surface area contributed by atoms with Gasteiger partial charge in [0.25, 0.3) is 0 Å². The largest absolute Gasteiger partial charge is 1.00 e. The van der Waals surface area contributed by atoms with Gasteiger partial charge in [-0.2, -0.15) is 0 Å². The van der Waals surface area contributed by atoms with Crippen LogP contribution in [0.3, 0.4) is 0 Å². The van der Waals surface area contributed by atoms with E-state index < -0.39 is 0 Å². The SMILES string of the molecule is NCCNC1CCN(Cc2ccccc2)CC1.[Cl-].[Cl-].[Cl-]. The second kappa shape index (κ2) is 12.7. The summed E-state index contributed by atoms with van der Waals surface area (Å²) in [6, 6.07) is 11.4. The standard InChI is InChI=1S/C14H23N3.3ClH/c15-8-9-16-14-6-10-17(11-7-14)12-13-4-2-1-3-5-13;;;/h1-5,14,16H,6-12,15H2;3*1H/p-3. The molecule has 2 rings (SSSR count). The third-order valence-corrected chi connectivity index (χ3v) is 3.41. The summed E-state index contributed by atoms with van der Waals surface area (Å²) >= 11 is 0. The Kier molecular flexibility index (Phi) is 14.1. The molecule has 0 atom stereocenters. The van der Waals surface area contributed by atoms with E-state index in [1.54, 1.807) is 0 Å². The molecule has 0 spiro atoms. The molecule has 6 heteroatoms. The van der Waals surface area contributed by atoms with Crippen LogP contribution >= 0.6 is 0 Å². The van der Waals surface area contributed by atoms with Crippen molar-refractivity contribution in [2.75, 3.05) is 26.2 Å². The van der Waals surface area contributed by atoms with E-state index in [9.17, 15) is 0 Å². The molecule has 0 bridgehead atoms. The molecule has 1 fully saturated rings. The van der Waals surface area contributed by atoms with Crippen LogP contribution in [0.2, 0.25) is 0 Å². The van der Waals surface area contributed by atoms with Crippen LogP contribution in [0.25, 0.3) is 0 Å². The third kappa shape index (κ3) is 7.67. The smallest absolute Gasteiger partial charge is 0.0233 e. The highest BCUT2D eigenvalue weighted by Gasteiger charge is 2.18. The average Bonchev–Trinajstić information content (AvgIpc) is 2.39. The van der Waals surface area contributed by atoms with Gasteiger partial charge < -0.3 is 48.3 Å². The number of nitrogens with one attached hydrogen (secondary N) is 1. The Bertz CT molecular complexity index is 317. The maximum absolute atomic E-state index is 5.50. The van der Waals surface area contributed by atoms with Crippen LogP contribution in [-0.4, -0.2) is 37.1 Å². The molecule has 1 aliphatic heterocycles. The summed E-state index contributed by atoms with van der Waals surface area (Å²) in [6.45, 7) is 5.16. The minimum absolute atomic E-state index is 0. The van der Waals surface area contributed by atoms with E-state index in [0.717, 1.165) is 19.6 Å². The number of nitrogens with zero attached hydrogens (tertiary/aromatic N) is 1. The highest BCUT2D eigenvalue weighted by Crippen LogP contribution is 2.13. The van der Waals surface area contributed by atoms with Gasteiger partial charge in [0, 0.05) is 25.7 Å². The van der Waals surface area contributed by atoms with Gasteiger partial charge in [0.05, 0.1) is 0 Å². The first-order valence-corrected chi connectivity index (χ1v) is 6.58. The van der Waals surface area contributed by atoms with E-state index in [2.05, 4.69) is 40.5 Å². The minimum Gasteiger partial charge on any atom is -1.00 e. The monoisotopic (exact) mass is 338 g/mol. The Labute approximate surface area is 140 Å². The highest BCUT2D eigenvalue weighted by molar-refractivity contribution is 5.14. The predicted octanol–water partition coefficient (Wildman–Crippen LogP) is -7.79. The van der Waals surface area contributed by atoms with Crippen molar-refractivity contribution in [2.45, 2.75) is 25.4 Å². The number of halogens is 3. The van der Waals surface area contributed by atoms with Gasteiger partial charge in [-0.15, -0.1) is 0 Å². The molecule has 1 aromatic carbocycles. The van der Waals surface area contributed by atoms with Gasteiger partial charge in [-0.25, -0.2) is 0 Å². The Morgan fingerprint density at radius 2 is 1.65 bits per heavy atom. The molecule has 0 saturated carbocycles. The molecule has 118 valence electrons. The molecule has 0 radical (unpaired) electrons. The second-order valence-corrected chi connectivity index (χ2v) is 4.78. The van der Waals surface area contributed by atoms with Crippen LogP contribution in [-0.2, 0) is 6.54 Å². The van der Waals surface area contributed by atoms with Crippen molar-refractivity contribution in [3.8, 4) is 0 Å². The first-order valence-electron chi connectivity index (χ1n) is 6.58. The van der Waals surface area contributed by atoms with Crippen molar-refractivity contribution in [3.63, 3.8) is 0 Å². The summed E-state index contributed by atoms with van der Waals surface area (Å²) in [7, 11) is 0. The minimum atomic E-state index is 0. The first-order chi connectivity index (χ1) is 8.38. The quantitative estimate of drug-likeness (QED) is 0.560. The molecule has 20 heavy (non-hydrogen) atoms. The van der Waals surface area contributed by atoms with Gasteiger partial charge in [-0.05, 0) is 31.5 Å². The van der Waals surface area contributed by atoms with Crippen molar-refractivity contribution in [1.29, 1.82) is 0 Å². The molecule has 1 aromatic rings. The topological polar surface area (TPSA) is 41.3 Å². The third-order valence-electron chi connectivity index (χ3n) is 3.41. The lowest BCUT2D eigenvalue weighted by molar-refractivity contribution is -0.00100. The molecule has 0 unspecified atom stereocenters. The zero-order valence-corrected chi connectivity index (χ0v) is 13.8. The molecule has 3 N–H and O–H groups in total. The summed E-state index contributed by atoms with van der Waals surface area (Å²) in [6.07, 6.45) is 2.49. The Morgan fingerprint density at radius 3 is 2.20 bits per heavy atom. The van der Waals surface area contributed by atoms with Gasteiger partial charge in [0.15, 0.2) is 0 Å². The van der Waals surface area contributed by atoms with Crippen molar-refractivity contribution in [3.05, 3.63) is 35.9 Å². The van der Waals surface area contributed by atoms with Gasteiger partial charge in [-0.3, -0.25) is 4.90 Å². The van der Waals surface area contributed by atoms with Crippen LogP contribution in [0.5, 0.6) is 0 Å². The fraction of sp³-hybridized carbons (Fsp3) is 0.571. The highest BCUT2D eigenvalue weighted by atomic mass is 35.5. The summed E-state index contributed by atoms with van der Waals surface area (Å²) in [4.78, 5) is 2.54. The van der Waals surface area contributed by atoms with Crippen molar-refractivity contribution >= 4 is 0 Å². The molecule has 1 aliphatic rings. The number of hydrogen-bond acceptors (Lipinski definition) is 3. The van der Waals surface area contributed by atoms with Crippen LogP contribution in [0.1, 0.15) is 18.4 Å². The zero-order chi connectivity index (χ0) is 11.9. The van der Waals surface area contributed by atoms with Gasteiger partial charge in [-0.1, -0.05) is 30.3 Å². The van der Waals surface area contributed by atoms with Crippen LogP contribution in [0, 0.1) is 0 Å². The Balaban J connectivity index is 0. The lowest BCUT2D eigenvalue weighted by atomic mass is 10.0. The summed E-state index contributed by atoms with van der Waals surface area (Å²) in [5, 5.41) is 3.50. The number of rotatable bonds is 5. The number of piperidine rings is 1. The molecular formula is C14H23Cl3N3-3. The molecule has 3 nitrogen and oxygen atoms in total. The Hall–Kier alpha value is -0.0300. The second-order valence-electron chi connectivity index (χ2n) is 4.78. The lowest BCUT2D eigenvalue weighted by Gasteiger charge is -2.32. The predicted molar refractivity (Wildman–Crippen MR) is 71.8 cm³/mol. The fourth-order valence-electron chi connectivity index (χ4n) is 2.42. The van der Waals surface area contributed by atoms with Crippen LogP contribution in [0.15, 0.2) is 30.3 Å². The normalized spacial score (nSPS) is 15.7. The van der Waals surface area contributed by atoms with Gasteiger partial charge >= 0.3 is 0 Å². The van der Waals surface area contributed by atoms with Crippen molar-refractivity contribution in [1.82, 2.24) is 10.2 Å². The average molecular weight is 340 g/mol. The summed E-state index contributed by atoms with van der Waals surface area (Å²) < 4.78 is 0. The molecule has 1 saturated heterocycles. The summed E-state index contributed by atoms with van der Waals surface area (Å²) in [5.74, 6) is 0. The first kappa shape index (κ1) is 22.3. The zero-order valence-electron chi connectivity index (χ0n) is 11.6. The van der Waals surface area contributed by atoms with E-state index in [0.29, 0.717) is 6.04 Å². The molecule has 0 aliphatic carbocycles. The van der Waals surface area contributed by atoms with Crippen LogP contribution in [0.4, 0.5) is 0 Å². The maximum Gasteiger partial charge on any atom is 0.0233 e. The van der Waals surface area contributed by atoms with Crippen LogP contribution < -0.4 is 48.3 Å². The van der Waals surface area contributed by atoms with Crippen molar-refractivity contribution < 1.29 is 37.2 Å². The van der Waals surface area contributed by atoms with E-state index >= 15 is 0 Å². The molecular weight excluding hydrogens is 317 g/mol.